The van der Waals surface area contributed by atoms with E-state index in [0.717, 1.165) is 25.3 Å². The number of hydrogen-bond acceptors (Lipinski definition) is 4. The molecule has 136 valence electrons. The van der Waals surface area contributed by atoms with Gasteiger partial charge in [0.25, 0.3) is 0 Å². The van der Waals surface area contributed by atoms with Crippen LogP contribution in [0.1, 0.15) is 25.0 Å². The van der Waals surface area contributed by atoms with Crippen LogP contribution in [0.25, 0.3) is 0 Å². The van der Waals surface area contributed by atoms with Crippen molar-refractivity contribution in [3.05, 3.63) is 65.7 Å². The Balaban J connectivity index is 1.89. The third-order valence-corrected chi connectivity index (χ3v) is 3.77. The maximum Gasteiger partial charge on any atom is 0.0936 e. The third-order valence-electron chi connectivity index (χ3n) is 3.77. The molecule has 25 heavy (non-hydrogen) atoms. The minimum Gasteiger partial charge on any atom is -0.383 e. The number of anilines is 1. The van der Waals surface area contributed by atoms with Gasteiger partial charge in [0.1, 0.15) is 0 Å². The molecule has 0 aliphatic carbocycles. The van der Waals surface area contributed by atoms with Crippen LogP contribution < -0.4 is 5.32 Å². The number of hydroxylamine groups is 2. The molecule has 4 nitrogen and oxygen atoms in total. The van der Waals surface area contributed by atoms with Crippen LogP contribution in [0.5, 0.6) is 0 Å². The lowest BCUT2D eigenvalue weighted by Crippen LogP contribution is -2.27. The Labute approximate surface area is 151 Å². The number of rotatable bonds is 11. The van der Waals surface area contributed by atoms with Crippen molar-refractivity contribution in [2.45, 2.75) is 27.0 Å². The first-order valence-electron chi connectivity index (χ1n) is 8.91. The van der Waals surface area contributed by atoms with Crippen LogP contribution in [-0.2, 0) is 22.7 Å². The molecular weight excluding hydrogens is 312 g/mol. The lowest BCUT2D eigenvalue weighted by molar-refractivity contribution is -0.182. The molecule has 0 aliphatic rings. The predicted molar refractivity (Wildman–Crippen MR) is 103 cm³/mol. The maximum absolute atomic E-state index is 6.05. The Kier molecular flexibility index (Phi) is 8.46. The molecule has 0 aliphatic heterocycles. The van der Waals surface area contributed by atoms with Crippen LogP contribution in [0.2, 0.25) is 0 Å². The smallest absolute Gasteiger partial charge is 0.0936 e. The first kappa shape index (κ1) is 19.4. The molecule has 0 aromatic heterocycles. The molecule has 0 heterocycles. The van der Waals surface area contributed by atoms with E-state index in [0.29, 0.717) is 19.1 Å². The molecule has 0 atom stereocenters. The van der Waals surface area contributed by atoms with Crippen LogP contribution in [0.15, 0.2) is 54.6 Å². The quantitative estimate of drug-likeness (QED) is 0.487. The van der Waals surface area contributed by atoms with Crippen molar-refractivity contribution in [2.75, 3.05) is 32.1 Å². The van der Waals surface area contributed by atoms with Gasteiger partial charge >= 0.3 is 0 Å². The van der Waals surface area contributed by atoms with Gasteiger partial charge in [-0.25, -0.2) is 0 Å². The van der Waals surface area contributed by atoms with Gasteiger partial charge in [-0.05, 0) is 29.2 Å². The summed E-state index contributed by atoms with van der Waals surface area (Å²) in [6.07, 6.45) is 0. The van der Waals surface area contributed by atoms with Gasteiger partial charge in [0.05, 0.1) is 13.2 Å². The molecule has 4 heteroatoms. The minimum atomic E-state index is 0.547. The lowest BCUT2D eigenvalue weighted by Gasteiger charge is -2.24. The SMILES string of the molecule is COCCNc1ccc(CN(CC(C)C)OCc2ccccc2)cc1. The Morgan fingerprint density at radius 1 is 0.960 bits per heavy atom. The fraction of sp³-hybridized carbons (Fsp3) is 0.429. The van der Waals surface area contributed by atoms with Crippen molar-refractivity contribution >= 4 is 5.69 Å². The van der Waals surface area contributed by atoms with Gasteiger partial charge in [-0.15, -0.1) is 0 Å². The van der Waals surface area contributed by atoms with Gasteiger partial charge in [0, 0.05) is 32.4 Å². The second-order valence-corrected chi connectivity index (χ2v) is 6.59. The zero-order valence-electron chi connectivity index (χ0n) is 15.6. The summed E-state index contributed by atoms with van der Waals surface area (Å²) in [5.74, 6) is 0.547. The number of nitrogens with one attached hydrogen (secondary N) is 1. The molecule has 0 bridgehead atoms. The molecule has 2 rings (SSSR count). The van der Waals surface area contributed by atoms with Gasteiger partial charge in [-0.2, -0.15) is 5.06 Å². The van der Waals surface area contributed by atoms with E-state index in [-0.39, 0.29) is 0 Å². The molecule has 2 aromatic carbocycles. The number of benzene rings is 2. The molecule has 0 radical (unpaired) electrons. The summed E-state index contributed by atoms with van der Waals surface area (Å²) in [7, 11) is 1.71. The molecule has 1 N–H and O–H groups in total. The van der Waals surface area contributed by atoms with Gasteiger partial charge < -0.3 is 10.1 Å². The molecule has 0 amide bonds. The van der Waals surface area contributed by atoms with E-state index in [2.05, 4.69) is 60.6 Å². The van der Waals surface area contributed by atoms with E-state index in [1.54, 1.807) is 7.11 Å². The van der Waals surface area contributed by atoms with Gasteiger partial charge in [0.2, 0.25) is 0 Å². The highest BCUT2D eigenvalue weighted by Crippen LogP contribution is 2.14. The van der Waals surface area contributed by atoms with E-state index in [9.17, 15) is 0 Å². The molecule has 0 fully saturated rings. The Bertz CT molecular complexity index is 585. The predicted octanol–water partition coefficient (Wildman–Crippen LogP) is 4.33. The molecule has 2 aromatic rings. The normalized spacial score (nSPS) is 11.2. The highest BCUT2D eigenvalue weighted by atomic mass is 16.7. The van der Waals surface area contributed by atoms with E-state index < -0.39 is 0 Å². The van der Waals surface area contributed by atoms with Gasteiger partial charge in [-0.1, -0.05) is 56.3 Å². The zero-order chi connectivity index (χ0) is 17.9. The van der Waals surface area contributed by atoms with Crippen LogP contribution in [0.4, 0.5) is 5.69 Å². The Morgan fingerprint density at radius 2 is 1.68 bits per heavy atom. The van der Waals surface area contributed by atoms with Crippen molar-refractivity contribution in [3.8, 4) is 0 Å². The first-order valence-corrected chi connectivity index (χ1v) is 8.91. The summed E-state index contributed by atoms with van der Waals surface area (Å²) in [5, 5.41) is 5.40. The number of ether oxygens (including phenoxy) is 1. The summed E-state index contributed by atoms with van der Waals surface area (Å²) in [6, 6.07) is 18.8. The minimum absolute atomic E-state index is 0.547. The highest BCUT2D eigenvalue weighted by Gasteiger charge is 2.09. The summed E-state index contributed by atoms with van der Waals surface area (Å²) >= 11 is 0. The average Bonchev–Trinajstić information content (AvgIpc) is 2.62. The zero-order valence-corrected chi connectivity index (χ0v) is 15.6. The molecule has 0 saturated carbocycles. The second-order valence-electron chi connectivity index (χ2n) is 6.59. The number of hydrogen-bond donors (Lipinski definition) is 1. The van der Waals surface area contributed by atoms with Crippen LogP contribution in [0, 0.1) is 5.92 Å². The molecule has 0 spiro atoms. The van der Waals surface area contributed by atoms with Crippen molar-refractivity contribution in [2.24, 2.45) is 5.92 Å². The molecular formula is C21H30N2O2. The fourth-order valence-electron chi connectivity index (χ4n) is 2.54. The van der Waals surface area contributed by atoms with Gasteiger partial charge in [-0.3, -0.25) is 4.84 Å². The third kappa shape index (κ3) is 7.69. The van der Waals surface area contributed by atoms with E-state index in [1.807, 2.05) is 18.2 Å². The Morgan fingerprint density at radius 3 is 2.32 bits per heavy atom. The Hall–Kier alpha value is -1.88. The van der Waals surface area contributed by atoms with E-state index in [4.69, 9.17) is 9.57 Å². The van der Waals surface area contributed by atoms with Gasteiger partial charge in [0.15, 0.2) is 0 Å². The summed E-state index contributed by atoms with van der Waals surface area (Å²) in [5.41, 5.74) is 3.54. The number of methoxy groups -OCH3 is 1. The van der Waals surface area contributed by atoms with Crippen LogP contribution in [-0.4, -0.2) is 31.9 Å². The van der Waals surface area contributed by atoms with Crippen LogP contribution in [0.3, 0.4) is 0 Å². The standard InChI is InChI=1S/C21H30N2O2/c1-18(2)15-23(25-17-20-7-5-4-6-8-20)16-19-9-11-21(12-10-19)22-13-14-24-3/h4-12,18,22H,13-17H2,1-3H3. The maximum atomic E-state index is 6.05. The summed E-state index contributed by atoms with van der Waals surface area (Å²) in [6.45, 7) is 8.23. The number of nitrogens with zero attached hydrogens (tertiary/aromatic N) is 1. The summed E-state index contributed by atoms with van der Waals surface area (Å²) in [4.78, 5) is 6.05. The summed E-state index contributed by atoms with van der Waals surface area (Å²) < 4.78 is 5.05. The monoisotopic (exact) mass is 342 g/mol. The lowest BCUT2D eigenvalue weighted by atomic mass is 10.2. The molecule has 0 saturated heterocycles. The first-order chi connectivity index (χ1) is 12.2. The van der Waals surface area contributed by atoms with Crippen molar-refractivity contribution in [3.63, 3.8) is 0 Å². The highest BCUT2D eigenvalue weighted by molar-refractivity contribution is 5.44. The average molecular weight is 342 g/mol. The fourth-order valence-corrected chi connectivity index (χ4v) is 2.54. The van der Waals surface area contributed by atoms with Crippen molar-refractivity contribution in [1.29, 1.82) is 0 Å². The van der Waals surface area contributed by atoms with Crippen molar-refractivity contribution in [1.82, 2.24) is 5.06 Å². The topological polar surface area (TPSA) is 33.7 Å². The second kappa shape index (κ2) is 10.9. The largest absolute Gasteiger partial charge is 0.383 e. The molecule has 0 unspecified atom stereocenters. The van der Waals surface area contributed by atoms with Crippen molar-refractivity contribution < 1.29 is 9.57 Å². The van der Waals surface area contributed by atoms with Crippen LogP contribution >= 0.6 is 0 Å². The van der Waals surface area contributed by atoms with E-state index >= 15 is 0 Å². The van der Waals surface area contributed by atoms with E-state index in [1.165, 1.54) is 11.1 Å².